The van der Waals surface area contributed by atoms with E-state index >= 15 is 0 Å². The molecule has 0 fully saturated rings. The standard InChI is InChI=1S/C22H21N3O5/c1-25(2)20(26)14-30-18-11-9-17(10-12-18)23-21(27)15-5-7-16(8-6-15)24-22(28)19-4-3-13-29-19/h3-13H,14H2,1-2H3,(H,23,27)(H,24,28). The Morgan fingerprint density at radius 3 is 2.03 bits per heavy atom. The monoisotopic (exact) mass is 407 g/mol. The van der Waals surface area contributed by atoms with Crippen LogP contribution in [0, 0.1) is 0 Å². The van der Waals surface area contributed by atoms with Crippen LogP contribution in [0.25, 0.3) is 0 Å². The van der Waals surface area contributed by atoms with E-state index in [0.29, 0.717) is 22.7 Å². The van der Waals surface area contributed by atoms with Gasteiger partial charge in [0, 0.05) is 31.0 Å². The van der Waals surface area contributed by atoms with E-state index in [2.05, 4.69) is 10.6 Å². The summed E-state index contributed by atoms with van der Waals surface area (Å²) in [4.78, 5) is 37.4. The Labute approximate surface area is 173 Å². The lowest BCUT2D eigenvalue weighted by Gasteiger charge is -2.12. The van der Waals surface area contributed by atoms with Crippen molar-refractivity contribution in [3.05, 3.63) is 78.3 Å². The Balaban J connectivity index is 1.54. The van der Waals surface area contributed by atoms with Crippen molar-refractivity contribution < 1.29 is 23.5 Å². The van der Waals surface area contributed by atoms with Gasteiger partial charge in [-0.3, -0.25) is 14.4 Å². The van der Waals surface area contributed by atoms with E-state index in [4.69, 9.17) is 9.15 Å². The van der Waals surface area contributed by atoms with Gasteiger partial charge in [-0.25, -0.2) is 0 Å². The smallest absolute Gasteiger partial charge is 0.291 e. The number of benzene rings is 2. The third kappa shape index (κ3) is 5.48. The zero-order chi connectivity index (χ0) is 21.5. The van der Waals surface area contributed by atoms with E-state index in [1.807, 2.05) is 0 Å². The van der Waals surface area contributed by atoms with Crippen molar-refractivity contribution in [3.63, 3.8) is 0 Å². The predicted octanol–water partition coefficient (Wildman–Crippen LogP) is 3.25. The SMILES string of the molecule is CN(C)C(=O)COc1ccc(NC(=O)c2ccc(NC(=O)c3ccco3)cc2)cc1. The summed E-state index contributed by atoms with van der Waals surface area (Å²) in [5, 5.41) is 5.47. The number of rotatable bonds is 7. The zero-order valence-corrected chi connectivity index (χ0v) is 16.5. The van der Waals surface area contributed by atoms with Crippen molar-refractivity contribution in [2.24, 2.45) is 0 Å². The van der Waals surface area contributed by atoms with Gasteiger partial charge in [0.2, 0.25) is 0 Å². The predicted molar refractivity (Wildman–Crippen MR) is 112 cm³/mol. The van der Waals surface area contributed by atoms with Crippen LogP contribution in [0.2, 0.25) is 0 Å². The molecule has 2 aromatic carbocycles. The summed E-state index contributed by atoms with van der Waals surface area (Å²) in [6.45, 7) is -0.0541. The highest BCUT2D eigenvalue weighted by molar-refractivity contribution is 6.05. The number of furan rings is 1. The van der Waals surface area contributed by atoms with E-state index in [9.17, 15) is 14.4 Å². The molecule has 0 spiro atoms. The Kier molecular flexibility index (Phi) is 6.49. The summed E-state index contributed by atoms with van der Waals surface area (Å²) in [6, 6.07) is 16.4. The maximum Gasteiger partial charge on any atom is 0.291 e. The Bertz CT molecular complexity index is 1010. The molecule has 0 aliphatic heterocycles. The fourth-order valence-electron chi connectivity index (χ4n) is 2.42. The first-order valence-corrected chi connectivity index (χ1v) is 9.11. The van der Waals surface area contributed by atoms with E-state index in [-0.39, 0.29) is 30.1 Å². The largest absolute Gasteiger partial charge is 0.484 e. The molecule has 2 N–H and O–H groups in total. The summed E-state index contributed by atoms with van der Waals surface area (Å²) in [5.41, 5.74) is 1.56. The molecule has 0 saturated heterocycles. The number of carbonyl (C=O) groups excluding carboxylic acids is 3. The number of nitrogens with zero attached hydrogens (tertiary/aromatic N) is 1. The second-order valence-electron chi connectivity index (χ2n) is 6.56. The molecule has 0 atom stereocenters. The second-order valence-corrected chi connectivity index (χ2v) is 6.56. The molecular weight excluding hydrogens is 386 g/mol. The van der Waals surface area contributed by atoms with Crippen LogP contribution in [0.5, 0.6) is 5.75 Å². The summed E-state index contributed by atoms with van der Waals surface area (Å²) in [7, 11) is 3.31. The average molecular weight is 407 g/mol. The van der Waals surface area contributed by atoms with Gasteiger partial charge in [-0.05, 0) is 60.7 Å². The van der Waals surface area contributed by atoms with Crippen LogP contribution in [0.3, 0.4) is 0 Å². The average Bonchev–Trinajstić information content (AvgIpc) is 3.28. The molecule has 1 heterocycles. The van der Waals surface area contributed by atoms with Crippen LogP contribution < -0.4 is 15.4 Å². The Morgan fingerprint density at radius 1 is 0.867 bits per heavy atom. The highest BCUT2D eigenvalue weighted by Gasteiger charge is 2.11. The molecule has 0 aliphatic carbocycles. The maximum atomic E-state index is 12.4. The summed E-state index contributed by atoms with van der Waals surface area (Å²) in [5.74, 6) is -0.0755. The molecule has 0 saturated carbocycles. The number of ether oxygens (including phenoxy) is 1. The molecule has 30 heavy (non-hydrogen) atoms. The minimum atomic E-state index is -0.369. The van der Waals surface area contributed by atoms with Crippen molar-refractivity contribution in [2.45, 2.75) is 0 Å². The maximum absolute atomic E-state index is 12.4. The van der Waals surface area contributed by atoms with Crippen LogP contribution in [0.1, 0.15) is 20.9 Å². The molecule has 3 amide bonds. The van der Waals surface area contributed by atoms with E-state index in [1.54, 1.807) is 74.8 Å². The number of hydrogen-bond donors (Lipinski definition) is 2. The number of hydrogen-bond acceptors (Lipinski definition) is 5. The molecule has 154 valence electrons. The van der Waals surface area contributed by atoms with Crippen molar-refractivity contribution >= 4 is 29.1 Å². The van der Waals surface area contributed by atoms with Crippen LogP contribution in [-0.4, -0.2) is 43.3 Å². The summed E-state index contributed by atoms with van der Waals surface area (Å²) in [6.07, 6.45) is 1.42. The third-order valence-corrected chi connectivity index (χ3v) is 4.12. The van der Waals surface area contributed by atoms with E-state index in [0.717, 1.165) is 0 Å². The van der Waals surface area contributed by atoms with Gasteiger partial charge in [-0.2, -0.15) is 0 Å². The first-order valence-electron chi connectivity index (χ1n) is 9.11. The molecule has 0 bridgehead atoms. The minimum Gasteiger partial charge on any atom is -0.484 e. The highest BCUT2D eigenvalue weighted by Crippen LogP contribution is 2.18. The lowest BCUT2D eigenvalue weighted by molar-refractivity contribution is -0.130. The molecule has 8 nitrogen and oxygen atoms in total. The molecule has 0 aliphatic rings. The molecular formula is C22H21N3O5. The van der Waals surface area contributed by atoms with Crippen molar-refractivity contribution in [1.82, 2.24) is 4.90 Å². The van der Waals surface area contributed by atoms with Crippen LogP contribution in [0.4, 0.5) is 11.4 Å². The topological polar surface area (TPSA) is 101 Å². The molecule has 3 aromatic rings. The first kappa shape index (κ1) is 20.7. The van der Waals surface area contributed by atoms with Crippen LogP contribution in [0.15, 0.2) is 71.3 Å². The number of likely N-dealkylation sites (N-methyl/N-ethyl adjacent to an activating group) is 1. The van der Waals surface area contributed by atoms with Gasteiger partial charge in [0.05, 0.1) is 6.26 Å². The lowest BCUT2D eigenvalue weighted by Crippen LogP contribution is -2.27. The van der Waals surface area contributed by atoms with Crippen LogP contribution >= 0.6 is 0 Å². The molecule has 1 aromatic heterocycles. The summed E-state index contributed by atoms with van der Waals surface area (Å²) >= 11 is 0. The van der Waals surface area contributed by atoms with Gasteiger partial charge >= 0.3 is 0 Å². The molecule has 3 rings (SSSR count). The zero-order valence-electron chi connectivity index (χ0n) is 16.5. The number of amides is 3. The minimum absolute atomic E-state index is 0.0541. The first-order chi connectivity index (χ1) is 14.4. The summed E-state index contributed by atoms with van der Waals surface area (Å²) < 4.78 is 10.4. The fourth-order valence-corrected chi connectivity index (χ4v) is 2.42. The van der Waals surface area contributed by atoms with Crippen molar-refractivity contribution in [2.75, 3.05) is 31.3 Å². The van der Waals surface area contributed by atoms with Gasteiger partial charge in [-0.1, -0.05) is 0 Å². The van der Waals surface area contributed by atoms with Gasteiger partial charge in [0.1, 0.15) is 5.75 Å². The number of carbonyl (C=O) groups is 3. The fraction of sp³-hybridized carbons (Fsp3) is 0.136. The number of anilines is 2. The number of nitrogens with one attached hydrogen (secondary N) is 2. The Hall–Kier alpha value is -4.07. The van der Waals surface area contributed by atoms with Gasteiger partial charge < -0.3 is 24.7 Å². The Morgan fingerprint density at radius 2 is 1.47 bits per heavy atom. The molecule has 0 unspecified atom stereocenters. The third-order valence-electron chi connectivity index (χ3n) is 4.12. The lowest BCUT2D eigenvalue weighted by atomic mass is 10.2. The van der Waals surface area contributed by atoms with Crippen molar-refractivity contribution in [3.8, 4) is 5.75 Å². The quantitative estimate of drug-likeness (QED) is 0.626. The molecule has 8 heteroatoms. The van der Waals surface area contributed by atoms with Gasteiger partial charge in [-0.15, -0.1) is 0 Å². The highest BCUT2D eigenvalue weighted by atomic mass is 16.5. The van der Waals surface area contributed by atoms with Gasteiger partial charge in [0.25, 0.3) is 17.7 Å². The van der Waals surface area contributed by atoms with Gasteiger partial charge in [0.15, 0.2) is 12.4 Å². The van der Waals surface area contributed by atoms with E-state index < -0.39 is 0 Å². The van der Waals surface area contributed by atoms with Crippen molar-refractivity contribution in [1.29, 1.82) is 0 Å². The molecule has 0 radical (unpaired) electrons. The van der Waals surface area contributed by atoms with E-state index in [1.165, 1.54) is 11.2 Å². The second kappa shape index (κ2) is 9.42. The normalized spacial score (nSPS) is 10.2. The van der Waals surface area contributed by atoms with Crippen LogP contribution in [-0.2, 0) is 4.79 Å².